The van der Waals surface area contributed by atoms with Gasteiger partial charge in [0.15, 0.2) is 5.75 Å². The van der Waals surface area contributed by atoms with Crippen LogP contribution >= 0.6 is 11.6 Å². The van der Waals surface area contributed by atoms with E-state index in [2.05, 4.69) is 11.6 Å². The number of benzene rings is 2. The van der Waals surface area contributed by atoms with Crippen molar-refractivity contribution in [2.45, 2.75) is 44.5 Å². The third-order valence-corrected chi connectivity index (χ3v) is 8.74. The number of nitrogens with zero attached hydrogens (tertiary/aromatic N) is 5. The number of amides is 1. The molecule has 13 heteroatoms. The zero-order valence-electron chi connectivity index (χ0n) is 23.8. The maximum Gasteiger partial charge on any atom is 0.350 e. The average molecular weight is 616 g/mol. The molecular formula is C30H32ClF2N5O5. The Morgan fingerprint density at radius 3 is 2.72 bits per heavy atom. The predicted octanol–water partition coefficient (Wildman–Crippen LogP) is 4.02. The molecule has 1 aromatic heterocycles. The van der Waals surface area contributed by atoms with Crippen LogP contribution in [0.5, 0.6) is 5.75 Å². The second-order valence-electron chi connectivity index (χ2n) is 11.3. The number of hydrogen-bond acceptors (Lipinski definition) is 8. The van der Waals surface area contributed by atoms with E-state index in [0.717, 1.165) is 12.1 Å². The first-order chi connectivity index (χ1) is 20.6. The van der Waals surface area contributed by atoms with Crippen molar-refractivity contribution >= 4 is 34.2 Å². The van der Waals surface area contributed by atoms with E-state index in [9.17, 15) is 19.2 Å². The molecule has 2 aromatic carbocycles. The van der Waals surface area contributed by atoms with Crippen LogP contribution in [-0.4, -0.2) is 88.2 Å². The monoisotopic (exact) mass is 615 g/mol. The molecule has 0 radical (unpaired) electrons. The summed E-state index contributed by atoms with van der Waals surface area (Å²) in [5.74, 6) is -1.18. The van der Waals surface area contributed by atoms with Gasteiger partial charge in [-0.05, 0) is 44.5 Å². The van der Waals surface area contributed by atoms with Crippen molar-refractivity contribution in [3.63, 3.8) is 0 Å². The van der Waals surface area contributed by atoms with Gasteiger partial charge in [0.2, 0.25) is 5.91 Å². The zero-order chi connectivity index (χ0) is 30.6. The molecule has 4 heterocycles. The number of ether oxygens (including phenoxy) is 2. The molecule has 0 aliphatic carbocycles. The summed E-state index contributed by atoms with van der Waals surface area (Å²) in [4.78, 5) is 34.5. The van der Waals surface area contributed by atoms with Gasteiger partial charge in [-0.2, -0.15) is 10.0 Å². The largest absolute Gasteiger partial charge is 0.488 e. The van der Waals surface area contributed by atoms with Crippen molar-refractivity contribution in [3.8, 4) is 16.9 Å². The summed E-state index contributed by atoms with van der Waals surface area (Å²) in [5.41, 5.74) is 0.0551. The van der Waals surface area contributed by atoms with E-state index in [1.54, 1.807) is 11.0 Å². The van der Waals surface area contributed by atoms with Crippen LogP contribution in [0.25, 0.3) is 22.0 Å². The maximum absolute atomic E-state index is 15.1. The number of anilines is 1. The Kier molecular flexibility index (Phi) is 7.88. The third-order valence-electron chi connectivity index (χ3n) is 8.45. The normalized spacial score (nSPS) is 24.0. The number of rotatable bonds is 6. The molecule has 3 aliphatic rings. The second kappa shape index (κ2) is 11.5. The topological polar surface area (TPSA) is 100 Å². The minimum atomic E-state index is -0.824. The lowest BCUT2D eigenvalue weighted by molar-refractivity contribution is -0.128. The smallest absolute Gasteiger partial charge is 0.350 e. The summed E-state index contributed by atoms with van der Waals surface area (Å²) < 4.78 is 42.7. The fourth-order valence-electron chi connectivity index (χ4n) is 6.28. The molecular weight excluding hydrogens is 584 g/mol. The Balaban J connectivity index is 1.51. The standard InChI is InChI=1S/C30H32ClF2N5O5/c1-4-25(39)36-11-17(3)37(12-16(36)2)29-22-10-23(31)26(21-6-5-18(32)9-24(21)33)28-27(22)38(30(40)34-29)19(15-43-28)14-42-20-7-8-35(41)13-20/h4-6,9-10,16-17,19-20,41H,1,7-8,11-15H2,2-3H3/t16-,17+,19-,20-/m1/s1. The molecule has 0 spiro atoms. The number of hydrogen-bond donors (Lipinski definition) is 1. The average Bonchev–Trinajstić information content (AvgIpc) is 3.40. The summed E-state index contributed by atoms with van der Waals surface area (Å²) in [6.45, 7) is 9.20. The molecule has 2 fully saturated rings. The van der Waals surface area contributed by atoms with E-state index in [-0.39, 0.29) is 59.2 Å². The summed E-state index contributed by atoms with van der Waals surface area (Å²) in [6.07, 6.45) is 1.71. The van der Waals surface area contributed by atoms with Gasteiger partial charge in [-0.1, -0.05) is 18.2 Å². The Labute approximate surface area is 251 Å². The fraction of sp³-hybridized carbons (Fsp3) is 0.433. The molecule has 2 saturated heterocycles. The third kappa shape index (κ3) is 5.26. The van der Waals surface area contributed by atoms with E-state index in [1.165, 1.54) is 21.8 Å². The maximum atomic E-state index is 15.1. The quantitative estimate of drug-likeness (QED) is 0.415. The molecule has 3 aliphatic heterocycles. The Hall–Kier alpha value is -3.58. The molecule has 3 aromatic rings. The molecule has 4 atom stereocenters. The molecule has 0 unspecified atom stereocenters. The van der Waals surface area contributed by atoms with Crippen molar-refractivity contribution in [2.75, 3.05) is 44.3 Å². The van der Waals surface area contributed by atoms with Crippen LogP contribution < -0.4 is 15.3 Å². The first-order valence-electron chi connectivity index (χ1n) is 14.2. The number of carbonyl (C=O) groups is 1. The van der Waals surface area contributed by atoms with Crippen LogP contribution in [0.15, 0.2) is 41.7 Å². The fourth-order valence-corrected chi connectivity index (χ4v) is 6.58. The van der Waals surface area contributed by atoms with Gasteiger partial charge in [-0.15, -0.1) is 0 Å². The highest BCUT2D eigenvalue weighted by Crippen LogP contribution is 2.47. The number of piperazine rings is 1. The van der Waals surface area contributed by atoms with E-state index < -0.39 is 23.4 Å². The lowest BCUT2D eigenvalue weighted by Gasteiger charge is -2.45. The van der Waals surface area contributed by atoms with Crippen LogP contribution in [-0.2, 0) is 9.53 Å². The van der Waals surface area contributed by atoms with E-state index in [0.29, 0.717) is 49.3 Å². The Morgan fingerprint density at radius 1 is 1.23 bits per heavy atom. The van der Waals surface area contributed by atoms with Gasteiger partial charge < -0.3 is 24.5 Å². The van der Waals surface area contributed by atoms with Crippen molar-refractivity contribution in [1.82, 2.24) is 19.5 Å². The van der Waals surface area contributed by atoms with Crippen LogP contribution in [0.1, 0.15) is 26.3 Å². The number of carbonyl (C=O) groups excluding carboxylic acids is 1. The van der Waals surface area contributed by atoms with Crippen LogP contribution in [0.4, 0.5) is 14.6 Å². The molecule has 1 N–H and O–H groups in total. The van der Waals surface area contributed by atoms with Crippen LogP contribution in [0.2, 0.25) is 5.02 Å². The van der Waals surface area contributed by atoms with Gasteiger partial charge in [-0.3, -0.25) is 9.36 Å². The second-order valence-corrected chi connectivity index (χ2v) is 11.7. The van der Waals surface area contributed by atoms with Gasteiger partial charge >= 0.3 is 5.69 Å². The molecule has 43 heavy (non-hydrogen) atoms. The van der Waals surface area contributed by atoms with Crippen molar-refractivity contribution in [3.05, 3.63) is 64.1 Å². The molecule has 1 amide bonds. The summed E-state index contributed by atoms with van der Waals surface area (Å²) in [7, 11) is 0. The van der Waals surface area contributed by atoms with Crippen molar-refractivity contribution in [1.29, 1.82) is 0 Å². The molecule has 0 saturated carbocycles. The highest BCUT2D eigenvalue weighted by molar-refractivity contribution is 6.35. The van der Waals surface area contributed by atoms with Crippen LogP contribution in [0, 0.1) is 11.6 Å². The minimum Gasteiger partial charge on any atom is -0.488 e. The van der Waals surface area contributed by atoms with Gasteiger partial charge in [-0.25, -0.2) is 13.6 Å². The van der Waals surface area contributed by atoms with E-state index in [1.807, 2.05) is 18.7 Å². The molecule has 6 rings (SSSR count). The number of halogens is 3. The van der Waals surface area contributed by atoms with Crippen molar-refractivity contribution in [2.24, 2.45) is 0 Å². The highest BCUT2D eigenvalue weighted by atomic mass is 35.5. The predicted molar refractivity (Wildman–Crippen MR) is 157 cm³/mol. The lowest BCUT2D eigenvalue weighted by atomic mass is 9.99. The van der Waals surface area contributed by atoms with E-state index in [4.69, 9.17) is 21.1 Å². The summed E-state index contributed by atoms with van der Waals surface area (Å²) >= 11 is 6.82. The van der Waals surface area contributed by atoms with E-state index >= 15 is 4.39 Å². The van der Waals surface area contributed by atoms with Crippen molar-refractivity contribution < 1.29 is 28.3 Å². The number of hydroxylamine groups is 2. The first kappa shape index (κ1) is 29.5. The zero-order valence-corrected chi connectivity index (χ0v) is 24.6. The molecule has 10 nitrogen and oxygen atoms in total. The Bertz CT molecular complexity index is 1670. The van der Waals surface area contributed by atoms with Gasteiger partial charge in [0.25, 0.3) is 0 Å². The minimum absolute atomic E-state index is 0.0184. The highest BCUT2D eigenvalue weighted by Gasteiger charge is 2.37. The van der Waals surface area contributed by atoms with Gasteiger partial charge in [0, 0.05) is 54.3 Å². The SMILES string of the molecule is C=CC(=O)N1C[C@H](C)N(c2nc(=O)n3c4c(c(-c5ccc(F)cc5F)c(Cl)cc24)OC[C@H]3CO[C@@H]2CCN(O)C2)C[C@H]1C. The van der Waals surface area contributed by atoms with Crippen LogP contribution in [0.3, 0.4) is 0 Å². The van der Waals surface area contributed by atoms with Gasteiger partial charge in [0.05, 0.1) is 35.8 Å². The summed E-state index contributed by atoms with van der Waals surface area (Å²) in [5, 5.41) is 11.6. The molecule has 0 bridgehead atoms. The Morgan fingerprint density at radius 2 is 2.02 bits per heavy atom. The lowest BCUT2D eigenvalue weighted by Crippen LogP contribution is -2.58. The number of aromatic nitrogens is 2. The summed E-state index contributed by atoms with van der Waals surface area (Å²) in [6, 6.07) is 3.84. The first-order valence-corrected chi connectivity index (χ1v) is 14.6. The molecule has 228 valence electrons. The van der Waals surface area contributed by atoms with Gasteiger partial charge in [0.1, 0.15) is 24.1 Å².